The standard InChI is InChI=1S/C29H22F2N2O4S3/c1-14-25(32-28(36)37-15(2)16-6-4-3-5-7-16)26(40-33-14)18-11-19(30)17(10-20(18)31)21-12-22-23(38-21)13-24(39-22)29(8-9-29)27(34)35/h3-7,10-13,15H,8-9H2,1-2H3,(H,32,36)(H,34,35)/t15-/m1/s1. The number of carboxylic acids is 1. The van der Waals surface area contributed by atoms with Gasteiger partial charge in [0.1, 0.15) is 23.2 Å². The fraction of sp³-hybridized carbons (Fsp3) is 0.207. The number of aliphatic carboxylic acids is 1. The highest BCUT2D eigenvalue weighted by Crippen LogP contribution is 2.53. The molecule has 1 saturated carbocycles. The average molecular weight is 597 g/mol. The lowest BCUT2D eigenvalue weighted by atomic mass is 10.1. The third kappa shape index (κ3) is 4.67. The smallest absolute Gasteiger partial charge is 0.412 e. The molecule has 2 N–H and O–H groups in total. The second-order valence-electron chi connectivity index (χ2n) is 9.70. The molecule has 0 saturated heterocycles. The van der Waals surface area contributed by atoms with Crippen molar-refractivity contribution in [3.63, 3.8) is 0 Å². The molecule has 1 atom stereocenters. The van der Waals surface area contributed by atoms with Crippen molar-refractivity contribution in [2.75, 3.05) is 5.32 Å². The number of anilines is 1. The van der Waals surface area contributed by atoms with Crippen LogP contribution in [-0.4, -0.2) is 21.5 Å². The summed E-state index contributed by atoms with van der Waals surface area (Å²) in [4.78, 5) is 26.0. The number of halogens is 2. The van der Waals surface area contributed by atoms with Crippen LogP contribution in [0.2, 0.25) is 0 Å². The van der Waals surface area contributed by atoms with Crippen LogP contribution in [0.3, 0.4) is 0 Å². The number of amides is 1. The first kappa shape index (κ1) is 26.5. The molecule has 0 radical (unpaired) electrons. The van der Waals surface area contributed by atoms with Crippen LogP contribution in [-0.2, 0) is 14.9 Å². The van der Waals surface area contributed by atoms with Gasteiger partial charge in [0.15, 0.2) is 0 Å². The molecule has 3 heterocycles. The Morgan fingerprint density at radius 2 is 1.70 bits per heavy atom. The van der Waals surface area contributed by atoms with Gasteiger partial charge in [-0.25, -0.2) is 13.6 Å². The van der Waals surface area contributed by atoms with Crippen LogP contribution >= 0.6 is 34.2 Å². The molecule has 2 aromatic carbocycles. The van der Waals surface area contributed by atoms with E-state index >= 15 is 8.78 Å². The molecule has 6 nitrogen and oxygen atoms in total. The summed E-state index contributed by atoms with van der Waals surface area (Å²) < 4.78 is 42.3. The fourth-order valence-corrected chi connectivity index (χ4v) is 8.11. The van der Waals surface area contributed by atoms with E-state index in [1.807, 2.05) is 36.4 Å². The van der Waals surface area contributed by atoms with E-state index in [0.29, 0.717) is 23.4 Å². The lowest BCUT2D eigenvalue weighted by Crippen LogP contribution is -2.17. The quantitative estimate of drug-likeness (QED) is 0.196. The number of carbonyl (C=O) groups is 2. The van der Waals surface area contributed by atoms with E-state index in [1.54, 1.807) is 19.9 Å². The van der Waals surface area contributed by atoms with Crippen molar-refractivity contribution in [1.82, 2.24) is 4.37 Å². The summed E-state index contributed by atoms with van der Waals surface area (Å²) in [7, 11) is 0. The Morgan fingerprint density at radius 3 is 2.38 bits per heavy atom. The number of aryl methyl sites for hydroxylation is 1. The number of hydrogen-bond donors (Lipinski definition) is 2. The van der Waals surface area contributed by atoms with E-state index < -0.39 is 35.2 Å². The molecule has 3 aromatic heterocycles. The van der Waals surface area contributed by atoms with Gasteiger partial charge in [-0.3, -0.25) is 10.1 Å². The normalized spacial score (nSPS) is 14.7. The molecule has 0 aliphatic heterocycles. The molecular weight excluding hydrogens is 575 g/mol. The second kappa shape index (κ2) is 10.1. The number of benzene rings is 2. The van der Waals surface area contributed by atoms with Crippen molar-refractivity contribution in [3.8, 4) is 20.9 Å². The SMILES string of the molecule is Cc1nsc(-c2cc(F)c(-c3cc4sc(C5(C(=O)O)CC5)cc4s3)cc2F)c1NC(=O)O[C@H](C)c1ccccc1. The van der Waals surface area contributed by atoms with Crippen LogP contribution in [0.1, 0.15) is 42.0 Å². The van der Waals surface area contributed by atoms with Crippen LogP contribution in [0.15, 0.2) is 54.6 Å². The first-order valence-electron chi connectivity index (χ1n) is 12.4. The number of rotatable bonds is 7. The van der Waals surface area contributed by atoms with Gasteiger partial charge in [0.25, 0.3) is 0 Å². The van der Waals surface area contributed by atoms with Crippen LogP contribution in [0, 0.1) is 18.6 Å². The summed E-state index contributed by atoms with van der Waals surface area (Å²) in [6.07, 6.45) is -0.0167. The summed E-state index contributed by atoms with van der Waals surface area (Å²) in [5.74, 6) is -2.10. The maximum absolute atomic E-state index is 15.5. The molecule has 11 heteroatoms. The van der Waals surface area contributed by atoms with E-state index in [2.05, 4.69) is 9.69 Å². The summed E-state index contributed by atoms with van der Waals surface area (Å²) >= 11 is 3.64. The number of hydrogen-bond acceptors (Lipinski definition) is 7. The zero-order chi connectivity index (χ0) is 28.2. The minimum Gasteiger partial charge on any atom is -0.481 e. The summed E-state index contributed by atoms with van der Waals surface area (Å²) in [5.41, 5.74) is 0.835. The van der Waals surface area contributed by atoms with E-state index in [9.17, 15) is 14.7 Å². The second-order valence-corrected chi connectivity index (χ2v) is 12.6. The lowest BCUT2D eigenvalue weighted by Gasteiger charge is -2.15. The highest BCUT2D eigenvalue weighted by atomic mass is 32.1. The average Bonchev–Trinajstić information content (AvgIpc) is 3.34. The number of aromatic nitrogens is 1. The molecule has 1 aliphatic rings. The summed E-state index contributed by atoms with van der Waals surface area (Å²) in [6.45, 7) is 3.41. The third-order valence-corrected chi connectivity index (χ3v) is 10.6. The monoisotopic (exact) mass is 596 g/mol. The number of fused-ring (bicyclic) bond motifs is 1. The van der Waals surface area contributed by atoms with Crippen molar-refractivity contribution >= 4 is 61.4 Å². The Morgan fingerprint density at radius 1 is 1.02 bits per heavy atom. The minimum absolute atomic E-state index is 0.0176. The van der Waals surface area contributed by atoms with Gasteiger partial charge in [0, 0.05) is 30.3 Å². The highest BCUT2D eigenvalue weighted by molar-refractivity contribution is 7.29. The number of thiophene rings is 2. The maximum Gasteiger partial charge on any atom is 0.412 e. The van der Waals surface area contributed by atoms with Crippen LogP contribution in [0.25, 0.3) is 30.3 Å². The van der Waals surface area contributed by atoms with Gasteiger partial charge >= 0.3 is 12.1 Å². The van der Waals surface area contributed by atoms with E-state index in [1.165, 1.54) is 22.7 Å². The number of nitrogens with zero attached hydrogens (tertiary/aromatic N) is 1. The molecule has 204 valence electrons. The number of carbonyl (C=O) groups excluding carboxylic acids is 1. The molecule has 40 heavy (non-hydrogen) atoms. The van der Waals surface area contributed by atoms with Crippen LogP contribution in [0.4, 0.5) is 19.3 Å². The molecule has 0 unspecified atom stereocenters. The van der Waals surface area contributed by atoms with Gasteiger partial charge in [-0.2, -0.15) is 4.37 Å². The highest BCUT2D eigenvalue weighted by Gasteiger charge is 2.53. The van der Waals surface area contributed by atoms with Gasteiger partial charge < -0.3 is 9.84 Å². The predicted molar refractivity (Wildman–Crippen MR) is 154 cm³/mol. The molecule has 0 spiro atoms. The lowest BCUT2D eigenvalue weighted by molar-refractivity contribution is -0.139. The largest absolute Gasteiger partial charge is 0.481 e. The van der Waals surface area contributed by atoms with Crippen molar-refractivity contribution in [2.24, 2.45) is 0 Å². The van der Waals surface area contributed by atoms with Gasteiger partial charge in [0.2, 0.25) is 0 Å². The Balaban J connectivity index is 1.26. The Labute approximate surface area is 240 Å². The number of carboxylic acid groups (broad SMARTS) is 1. The maximum atomic E-state index is 15.5. The molecule has 6 rings (SSSR count). The molecular formula is C29H22F2N2O4S3. The van der Waals surface area contributed by atoms with Crippen LogP contribution in [0.5, 0.6) is 0 Å². The minimum atomic E-state index is -0.823. The molecule has 1 aliphatic carbocycles. The third-order valence-electron chi connectivity index (χ3n) is 7.05. The number of ether oxygens (including phenoxy) is 1. The molecule has 5 aromatic rings. The van der Waals surface area contributed by atoms with Crippen molar-refractivity contribution in [3.05, 3.63) is 82.4 Å². The van der Waals surface area contributed by atoms with Gasteiger partial charge in [0.05, 0.1) is 16.3 Å². The zero-order valence-electron chi connectivity index (χ0n) is 21.3. The van der Waals surface area contributed by atoms with Gasteiger partial charge in [-0.15, -0.1) is 22.7 Å². The summed E-state index contributed by atoms with van der Waals surface area (Å²) in [5, 5.41) is 12.2. The first-order chi connectivity index (χ1) is 19.2. The van der Waals surface area contributed by atoms with Crippen molar-refractivity contribution in [2.45, 2.75) is 38.2 Å². The van der Waals surface area contributed by atoms with Crippen molar-refractivity contribution < 1.29 is 28.2 Å². The van der Waals surface area contributed by atoms with E-state index in [4.69, 9.17) is 4.74 Å². The first-order valence-corrected chi connectivity index (χ1v) is 14.8. The molecule has 1 amide bonds. The fourth-order valence-electron chi connectivity index (χ4n) is 4.59. The van der Waals surface area contributed by atoms with E-state index in [0.717, 1.165) is 43.5 Å². The van der Waals surface area contributed by atoms with Crippen molar-refractivity contribution in [1.29, 1.82) is 0 Å². The zero-order valence-corrected chi connectivity index (χ0v) is 23.7. The van der Waals surface area contributed by atoms with Gasteiger partial charge in [-0.05, 0) is 68.1 Å². The predicted octanol–water partition coefficient (Wildman–Crippen LogP) is 8.77. The Kier molecular flexibility index (Phi) is 6.68. The van der Waals surface area contributed by atoms with Crippen LogP contribution < -0.4 is 5.32 Å². The Hall–Kier alpha value is -3.67. The Bertz CT molecular complexity index is 1740. The number of nitrogens with one attached hydrogen (secondary N) is 1. The van der Waals surface area contributed by atoms with E-state index in [-0.39, 0.29) is 21.7 Å². The molecule has 0 bridgehead atoms. The molecule has 1 fully saturated rings. The summed E-state index contributed by atoms with van der Waals surface area (Å²) in [6, 6.07) is 15.1. The topological polar surface area (TPSA) is 88.5 Å². The van der Waals surface area contributed by atoms with Gasteiger partial charge in [-0.1, -0.05) is 30.3 Å².